The first kappa shape index (κ1) is 20.2. The van der Waals surface area contributed by atoms with Crippen LogP contribution in [0.1, 0.15) is 41.9 Å². The molecule has 0 atom stereocenters. The van der Waals surface area contributed by atoms with E-state index < -0.39 is 12.7 Å². The highest BCUT2D eigenvalue weighted by Crippen LogP contribution is 2.21. The summed E-state index contributed by atoms with van der Waals surface area (Å²) >= 11 is 0. The molecule has 1 aliphatic rings. The quantitative estimate of drug-likeness (QED) is 0.811. The number of aromatic nitrogens is 4. The minimum absolute atomic E-state index is 0.0770. The molecule has 10 heteroatoms. The lowest BCUT2D eigenvalue weighted by atomic mass is 9.91. The number of rotatable bonds is 5. The molecule has 3 rings (SSSR count). The standard InChI is InChI=1S/C18H23F3N6O/c1-11-7-14(26-16(24-11)15-8-22-10-27(15)2)17(28)25-13-5-3-12(4-6-13)23-9-18(19,20)21/h7-8,10,12-13,23H,3-6,9H2,1-2H3,(H,25,28)/t12-,13-. The van der Waals surface area contributed by atoms with E-state index >= 15 is 0 Å². The topological polar surface area (TPSA) is 84.7 Å². The first-order chi connectivity index (χ1) is 13.2. The predicted octanol–water partition coefficient (Wildman–Crippen LogP) is 2.38. The van der Waals surface area contributed by atoms with Crippen LogP contribution in [0.15, 0.2) is 18.6 Å². The van der Waals surface area contributed by atoms with Crippen molar-refractivity contribution in [2.75, 3.05) is 6.54 Å². The summed E-state index contributed by atoms with van der Waals surface area (Å²) in [6.45, 7) is 0.807. The summed E-state index contributed by atoms with van der Waals surface area (Å²) in [5, 5.41) is 5.48. The van der Waals surface area contributed by atoms with E-state index in [0.717, 1.165) is 0 Å². The van der Waals surface area contributed by atoms with Gasteiger partial charge in [-0.05, 0) is 38.7 Å². The van der Waals surface area contributed by atoms with Crippen molar-refractivity contribution in [3.63, 3.8) is 0 Å². The van der Waals surface area contributed by atoms with Crippen LogP contribution in [0.5, 0.6) is 0 Å². The number of nitrogens with one attached hydrogen (secondary N) is 2. The van der Waals surface area contributed by atoms with Crippen LogP contribution in [0.25, 0.3) is 11.5 Å². The van der Waals surface area contributed by atoms with E-state index in [4.69, 9.17) is 0 Å². The Morgan fingerprint density at radius 2 is 1.89 bits per heavy atom. The van der Waals surface area contributed by atoms with E-state index in [-0.39, 0.29) is 23.7 Å². The summed E-state index contributed by atoms with van der Waals surface area (Å²) in [4.78, 5) is 25.4. The maximum Gasteiger partial charge on any atom is 0.401 e. The minimum Gasteiger partial charge on any atom is -0.348 e. The molecule has 1 saturated carbocycles. The molecule has 0 bridgehead atoms. The highest BCUT2D eigenvalue weighted by atomic mass is 19.4. The molecule has 0 aliphatic heterocycles. The van der Waals surface area contributed by atoms with Gasteiger partial charge in [-0.3, -0.25) is 4.79 Å². The van der Waals surface area contributed by atoms with E-state index in [0.29, 0.717) is 42.9 Å². The molecule has 1 fully saturated rings. The molecule has 2 heterocycles. The Kier molecular flexibility index (Phi) is 5.97. The van der Waals surface area contributed by atoms with Crippen molar-refractivity contribution in [2.24, 2.45) is 7.05 Å². The summed E-state index contributed by atoms with van der Waals surface area (Å²) in [5.41, 5.74) is 1.63. The monoisotopic (exact) mass is 396 g/mol. The Hall–Kier alpha value is -2.49. The molecule has 28 heavy (non-hydrogen) atoms. The van der Waals surface area contributed by atoms with Gasteiger partial charge in [0.15, 0.2) is 5.82 Å². The third kappa shape index (κ3) is 5.28. The Bertz CT molecular complexity index is 827. The van der Waals surface area contributed by atoms with Gasteiger partial charge in [-0.25, -0.2) is 15.0 Å². The third-order valence-electron chi connectivity index (χ3n) is 4.79. The molecule has 2 aromatic heterocycles. The van der Waals surface area contributed by atoms with Crippen molar-refractivity contribution >= 4 is 5.91 Å². The van der Waals surface area contributed by atoms with Gasteiger partial charge >= 0.3 is 6.18 Å². The smallest absolute Gasteiger partial charge is 0.348 e. The highest BCUT2D eigenvalue weighted by molar-refractivity contribution is 5.93. The van der Waals surface area contributed by atoms with E-state index in [2.05, 4.69) is 25.6 Å². The molecule has 1 amide bonds. The fraction of sp³-hybridized carbons (Fsp3) is 0.556. The van der Waals surface area contributed by atoms with Crippen molar-refractivity contribution < 1.29 is 18.0 Å². The number of carbonyl (C=O) groups excluding carboxylic acids is 1. The molecular weight excluding hydrogens is 373 g/mol. The summed E-state index contributed by atoms with van der Waals surface area (Å²) in [5.74, 6) is 0.117. The number of halogens is 3. The average Bonchev–Trinajstić information content (AvgIpc) is 3.06. The fourth-order valence-corrected chi connectivity index (χ4v) is 3.33. The van der Waals surface area contributed by atoms with Crippen LogP contribution < -0.4 is 10.6 Å². The molecule has 2 N–H and O–H groups in total. The molecule has 152 valence electrons. The molecule has 0 radical (unpaired) electrons. The number of hydrogen-bond donors (Lipinski definition) is 2. The molecule has 0 aromatic carbocycles. The number of carbonyl (C=O) groups is 1. The minimum atomic E-state index is -4.21. The molecule has 2 aromatic rings. The lowest BCUT2D eigenvalue weighted by molar-refractivity contribution is -0.126. The first-order valence-electron chi connectivity index (χ1n) is 9.14. The second-order valence-corrected chi connectivity index (χ2v) is 7.13. The number of amides is 1. The second kappa shape index (κ2) is 8.26. The molecule has 0 saturated heterocycles. The van der Waals surface area contributed by atoms with Crippen molar-refractivity contribution in [1.82, 2.24) is 30.2 Å². The van der Waals surface area contributed by atoms with Crippen molar-refractivity contribution in [3.05, 3.63) is 30.0 Å². The van der Waals surface area contributed by atoms with Gasteiger partial charge in [0.1, 0.15) is 11.4 Å². The highest BCUT2D eigenvalue weighted by Gasteiger charge is 2.30. The van der Waals surface area contributed by atoms with Crippen LogP contribution in [0.4, 0.5) is 13.2 Å². The predicted molar refractivity (Wildman–Crippen MR) is 96.5 cm³/mol. The Morgan fingerprint density at radius 1 is 1.21 bits per heavy atom. The van der Waals surface area contributed by atoms with Crippen LogP contribution in [-0.4, -0.2) is 50.2 Å². The number of imidazole rings is 1. The zero-order valence-corrected chi connectivity index (χ0v) is 15.8. The molecule has 0 unspecified atom stereocenters. The first-order valence-corrected chi connectivity index (χ1v) is 9.14. The molecular formula is C18H23F3N6O. The summed E-state index contributed by atoms with van der Waals surface area (Å²) in [6.07, 6.45) is 1.48. The summed E-state index contributed by atoms with van der Waals surface area (Å²) in [6, 6.07) is 1.37. The SMILES string of the molecule is Cc1cc(C(=O)N[C@H]2CC[C@H](NCC(F)(F)F)CC2)nc(-c2cncn2C)n1. The number of nitrogens with zero attached hydrogens (tertiary/aromatic N) is 4. The van der Waals surface area contributed by atoms with Crippen LogP contribution >= 0.6 is 0 Å². The maximum atomic E-state index is 12.6. The van der Waals surface area contributed by atoms with Crippen molar-refractivity contribution in [3.8, 4) is 11.5 Å². The van der Waals surface area contributed by atoms with Gasteiger partial charge < -0.3 is 15.2 Å². The Morgan fingerprint density at radius 3 is 2.50 bits per heavy atom. The van der Waals surface area contributed by atoms with Gasteiger partial charge in [-0.2, -0.15) is 13.2 Å². The zero-order valence-electron chi connectivity index (χ0n) is 15.8. The van der Waals surface area contributed by atoms with Crippen LogP contribution in [0.2, 0.25) is 0 Å². The maximum absolute atomic E-state index is 12.6. The van der Waals surface area contributed by atoms with Crippen LogP contribution in [-0.2, 0) is 7.05 Å². The molecule has 1 aliphatic carbocycles. The van der Waals surface area contributed by atoms with Crippen LogP contribution in [0.3, 0.4) is 0 Å². The lowest BCUT2D eigenvalue weighted by Gasteiger charge is -2.30. The van der Waals surface area contributed by atoms with Crippen molar-refractivity contribution in [1.29, 1.82) is 0 Å². The Balaban J connectivity index is 1.59. The van der Waals surface area contributed by atoms with Crippen LogP contribution in [0, 0.1) is 6.92 Å². The second-order valence-electron chi connectivity index (χ2n) is 7.13. The van der Waals surface area contributed by atoms with Gasteiger partial charge in [0.25, 0.3) is 5.91 Å². The zero-order chi connectivity index (χ0) is 20.3. The normalized spacial score (nSPS) is 20.2. The van der Waals surface area contributed by atoms with E-state index in [1.807, 2.05) is 7.05 Å². The van der Waals surface area contributed by atoms with Gasteiger partial charge in [0.2, 0.25) is 0 Å². The molecule has 7 nitrogen and oxygen atoms in total. The van der Waals surface area contributed by atoms with E-state index in [9.17, 15) is 18.0 Å². The summed E-state index contributed by atoms with van der Waals surface area (Å²) in [7, 11) is 1.82. The largest absolute Gasteiger partial charge is 0.401 e. The third-order valence-corrected chi connectivity index (χ3v) is 4.79. The van der Waals surface area contributed by atoms with E-state index in [1.54, 1.807) is 30.1 Å². The van der Waals surface area contributed by atoms with Gasteiger partial charge in [-0.1, -0.05) is 0 Å². The number of hydrogen-bond acceptors (Lipinski definition) is 5. The summed E-state index contributed by atoms with van der Waals surface area (Å²) < 4.78 is 38.7. The Labute approximate surface area is 160 Å². The van der Waals surface area contributed by atoms with Gasteiger partial charge in [0, 0.05) is 24.8 Å². The lowest BCUT2D eigenvalue weighted by Crippen LogP contribution is -2.44. The van der Waals surface area contributed by atoms with Crippen molar-refractivity contribution in [2.45, 2.75) is 50.9 Å². The fourth-order valence-electron chi connectivity index (χ4n) is 3.33. The number of alkyl halides is 3. The number of aryl methyl sites for hydroxylation is 2. The van der Waals surface area contributed by atoms with Gasteiger partial charge in [-0.15, -0.1) is 0 Å². The average molecular weight is 396 g/mol. The van der Waals surface area contributed by atoms with Gasteiger partial charge in [0.05, 0.1) is 19.1 Å². The van der Waals surface area contributed by atoms with E-state index in [1.165, 1.54) is 0 Å². The molecule has 0 spiro atoms.